The van der Waals surface area contributed by atoms with Gasteiger partial charge in [0.15, 0.2) is 11.7 Å². The third-order valence-electron chi connectivity index (χ3n) is 3.72. The molecule has 0 amide bonds. The Kier molecular flexibility index (Phi) is 11.1. The van der Waals surface area contributed by atoms with E-state index in [0.717, 1.165) is 12.8 Å². The first-order chi connectivity index (χ1) is 11.3. The van der Waals surface area contributed by atoms with Crippen LogP contribution in [0.25, 0.3) is 0 Å². The minimum absolute atomic E-state index is 0. The van der Waals surface area contributed by atoms with Gasteiger partial charge in [-0.25, -0.2) is 0 Å². The van der Waals surface area contributed by atoms with Crippen LogP contribution in [-0.4, -0.2) is 28.8 Å². The number of unbranched alkanes of at least 4 members (excludes halogenated alkanes) is 3. The second-order valence-electron chi connectivity index (χ2n) is 5.99. The Morgan fingerprint density at radius 1 is 1.32 bits per heavy atom. The summed E-state index contributed by atoms with van der Waals surface area (Å²) >= 11 is 0. The monoisotopic (exact) mass is 475 g/mol. The highest BCUT2D eigenvalue weighted by molar-refractivity contribution is 14.0. The van der Waals surface area contributed by atoms with Crippen molar-refractivity contribution in [2.75, 3.05) is 7.05 Å². The lowest BCUT2D eigenvalue weighted by atomic mass is 10.1. The number of guanidine groups is 1. The molecule has 0 aliphatic carbocycles. The van der Waals surface area contributed by atoms with E-state index in [-0.39, 0.29) is 42.1 Å². The van der Waals surface area contributed by atoms with Gasteiger partial charge in [0.2, 0.25) is 0 Å². The van der Waals surface area contributed by atoms with Crippen molar-refractivity contribution in [3.8, 4) is 0 Å². The molecular weight excluding hydrogens is 446 g/mol. The van der Waals surface area contributed by atoms with E-state index >= 15 is 0 Å². The largest absolute Gasteiger partial charge is 0.435 e. The summed E-state index contributed by atoms with van der Waals surface area (Å²) in [6, 6.07) is 0.212. The Labute approximate surface area is 164 Å². The van der Waals surface area contributed by atoms with Crippen molar-refractivity contribution in [1.29, 1.82) is 0 Å². The predicted molar refractivity (Wildman–Crippen MR) is 105 cm³/mol. The maximum atomic E-state index is 12.9. The van der Waals surface area contributed by atoms with Gasteiger partial charge < -0.3 is 10.6 Å². The average Bonchev–Trinajstić information content (AvgIpc) is 2.89. The van der Waals surface area contributed by atoms with Crippen LogP contribution in [0, 0.1) is 0 Å². The maximum absolute atomic E-state index is 12.9. The lowest BCUT2D eigenvalue weighted by molar-refractivity contribution is -0.142. The number of aliphatic imine (C=N–C) groups is 1. The van der Waals surface area contributed by atoms with Crippen molar-refractivity contribution in [2.45, 2.75) is 64.7 Å². The molecule has 9 heteroatoms. The average molecular weight is 475 g/mol. The van der Waals surface area contributed by atoms with Gasteiger partial charge >= 0.3 is 6.18 Å². The summed E-state index contributed by atoms with van der Waals surface area (Å²) in [7, 11) is 3.08. The molecule has 1 aromatic heterocycles. The molecule has 1 rings (SSSR count). The fourth-order valence-electron chi connectivity index (χ4n) is 2.46. The number of nitrogens with zero attached hydrogens (tertiary/aromatic N) is 3. The summed E-state index contributed by atoms with van der Waals surface area (Å²) in [4.78, 5) is 4.07. The van der Waals surface area contributed by atoms with Gasteiger partial charge in [-0.3, -0.25) is 9.67 Å². The van der Waals surface area contributed by atoms with Gasteiger partial charge in [-0.1, -0.05) is 32.6 Å². The summed E-state index contributed by atoms with van der Waals surface area (Å²) in [6.45, 7) is 4.23. The molecule has 2 N–H and O–H groups in total. The summed E-state index contributed by atoms with van der Waals surface area (Å²) in [6.07, 6.45) is 2.65. The molecule has 25 heavy (non-hydrogen) atoms. The molecule has 0 saturated heterocycles. The van der Waals surface area contributed by atoms with Gasteiger partial charge in [0.1, 0.15) is 0 Å². The minimum atomic E-state index is -4.46. The van der Waals surface area contributed by atoms with Gasteiger partial charge in [-0.2, -0.15) is 18.3 Å². The van der Waals surface area contributed by atoms with Crippen LogP contribution >= 0.6 is 24.0 Å². The zero-order valence-electron chi connectivity index (χ0n) is 15.3. The zero-order chi connectivity index (χ0) is 18.2. The highest BCUT2D eigenvalue weighted by atomic mass is 127. The van der Waals surface area contributed by atoms with Crippen LogP contribution in [0.15, 0.2) is 11.2 Å². The second-order valence-corrected chi connectivity index (χ2v) is 5.99. The van der Waals surface area contributed by atoms with Crippen molar-refractivity contribution < 1.29 is 13.2 Å². The van der Waals surface area contributed by atoms with Crippen LogP contribution in [0.2, 0.25) is 0 Å². The smallest absolute Gasteiger partial charge is 0.354 e. The molecule has 1 unspecified atom stereocenters. The molecule has 5 nitrogen and oxygen atoms in total. The lowest BCUT2D eigenvalue weighted by Crippen LogP contribution is -2.42. The van der Waals surface area contributed by atoms with Crippen LogP contribution in [0.3, 0.4) is 0 Å². The number of hydrogen-bond donors (Lipinski definition) is 2. The van der Waals surface area contributed by atoms with E-state index in [1.165, 1.54) is 37.2 Å². The molecule has 0 radical (unpaired) electrons. The van der Waals surface area contributed by atoms with Crippen molar-refractivity contribution in [3.63, 3.8) is 0 Å². The van der Waals surface area contributed by atoms with E-state index in [1.54, 1.807) is 7.05 Å². The van der Waals surface area contributed by atoms with E-state index in [4.69, 9.17) is 0 Å². The molecule has 0 bridgehead atoms. The van der Waals surface area contributed by atoms with Crippen molar-refractivity contribution in [1.82, 2.24) is 20.4 Å². The predicted octanol–water partition coefficient (Wildman–Crippen LogP) is 4.08. The highest BCUT2D eigenvalue weighted by Crippen LogP contribution is 2.30. The molecule has 1 aromatic rings. The summed E-state index contributed by atoms with van der Waals surface area (Å²) in [5.41, 5.74) is -0.760. The van der Waals surface area contributed by atoms with Crippen LogP contribution in [0.5, 0.6) is 0 Å². The molecule has 0 aromatic carbocycles. The number of hydrogen-bond acceptors (Lipinski definition) is 2. The molecule has 1 heterocycles. The van der Waals surface area contributed by atoms with Gasteiger partial charge in [-0.05, 0) is 13.3 Å². The molecule has 0 aliphatic heterocycles. The van der Waals surface area contributed by atoms with Gasteiger partial charge in [0.25, 0.3) is 0 Å². The number of rotatable bonds is 8. The number of nitrogens with one attached hydrogen (secondary N) is 2. The third kappa shape index (κ3) is 8.77. The summed E-state index contributed by atoms with van der Waals surface area (Å²) in [5, 5.41) is 9.63. The van der Waals surface area contributed by atoms with Crippen LogP contribution in [-0.2, 0) is 19.8 Å². The van der Waals surface area contributed by atoms with Gasteiger partial charge in [-0.15, -0.1) is 24.0 Å². The Morgan fingerprint density at radius 2 is 2.00 bits per heavy atom. The van der Waals surface area contributed by atoms with E-state index in [0.29, 0.717) is 5.96 Å². The van der Waals surface area contributed by atoms with Crippen LogP contribution in [0.4, 0.5) is 13.2 Å². The quantitative estimate of drug-likeness (QED) is 0.258. The van der Waals surface area contributed by atoms with Crippen molar-refractivity contribution in [2.24, 2.45) is 12.0 Å². The maximum Gasteiger partial charge on any atom is 0.435 e. The Bertz CT molecular complexity index is 528. The Morgan fingerprint density at radius 3 is 2.56 bits per heavy atom. The van der Waals surface area contributed by atoms with E-state index < -0.39 is 11.9 Å². The standard InChI is InChI=1S/C16H28F3N5.HI/c1-5-6-7-8-9-12(2)22-15(20-3)21-10-13-11-24(4)23-14(13)16(17,18)19;/h11-12H,5-10H2,1-4H3,(H2,20,21,22);1H. The van der Waals surface area contributed by atoms with E-state index in [9.17, 15) is 13.2 Å². The molecule has 146 valence electrons. The fourth-order valence-corrected chi connectivity index (χ4v) is 2.46. The lowest BCUT2D eigenvalue weighted by Gasteiger charge is -2.18. The molecule has 0 aliphatic rings. The van der Waals surface area contributed by atoms with Crippen LogP contribution in [0.1, 0.15) is 57.2 Å². The van der Waals surface area contributed by atoms with Crippen molar-refractivity contribution in [3.05, 3.63) is 17.5 Å². The first-order valence-electron chi connectivity index (χ1n) is 8.34. The Balaban J connectivity index is 0.00000576. The number of aryl methyl sites for hydroxylation is 1. The fraction of sp³-hybridized carbons (Fsp3) is 0.750. The minimum Gasteiger partial charge on any atom is -0.354 e. The van der Waals surface area contributed by atoms with Gasteiger partial charge in [0.05, 0.1) is 0 Å². The van der Waals surface area contributed by atoms with Crippen molar-refractivity contribution >= 4 is 29.9 Å². The molecular formula is C16H29F3IN5. The molecule has 0 fully saturated rings. The number of aromatic nitrogens is 2. The summed E-state index contributed by atoms with van der Waals surface area (Å²) < 4.78 is 40.0. The third-order valence-corrected chi connectivity index (χ3v) is 3.72. The first kappa shape index (κ1) is 24.0. The molecule has 1 atom stereocenters. The van der Waals surface area contributed by atoms with Gasteiger partial charge in [0, 0.05) is 38.4 Å². The number of alkyl halides is 3. The highest BCUT2D eigenvalue weighted by Gasteiger charge is 2.36. The normalized spacial score (nSPS) is 13.3. The van der Waals surface area contributed by atoms with Crippen LogP contribution < -0.4 is 10.6 Å². The first-order valence-corrected chi connectivity index (χ1v) is 8.34. The second kappa shape index (κ2) is 11.6. The van der Waals surface area contributed by atoms with E-state index in [2.05, 4.69) is 27.6 Å². The Hall–Kier alpha value is -1.00. The summed E-state index contributed by atoms with van der Waals surface area (Å²) in [5.74, 6) is 0.495. The zero-order valence-corrected chi connectivity index (χ0v) is 17.6. The molecule has 0 saturated carbocycles. The SMILES string of the molecule is CCCCCCC(C)NC(=NC)NCc1cn(C)nc1C(F)(F)F.I. The molecule has 0 spiro atoms. The topological polar surface area (TPSA) is 54.2 Å². The number of halogens is 4. The van der Waals surface area contributed by atoms with E-state index in [1.807, 2.05) is 6.92 Å².